The molecule has 0 spiro atoms. The highest BCUT2D eigenvalue weighted by Crippen LogP contribution is 2.43. The molecule has 0 atom stereocenters. The van der Waals surface area contributed by atoms with Crippen molar-refractivity contribution < 1.29 is 81.1 Å². The number of imidazole rings is 1. The van der Waals surface area contributed by atoms with Gasteiger partial charge in [0, 0.05) is 22.6 Å². The van der Waals surface area contributed by atoms with Crippen LogP contribution in [0, 0.1) is 32.1 Å². The summed E-state index contributed by atoms with van der Waals surface area (Å²) in [7, 11) is -17.2. The third kappa shape index (κ3) is 15.9. The molecular weight excluding hydrogens is 1050 g/mol. The van der Waals surface area contributed by atoms with Crippen LogP contribution in [-0.2, 0) is 49.8 Å². The topological polar surface area (TPSA) is 410 Å². The molecule has 384 valence electrons. The quantitative estimate of drug-likeness (QED) is 0.0104. The van der Waals surface area contributed by atoms with Gasteiger partial charge in [0.25, 0.3) is 40.5 Å². The zero-order chi connectivity index (χ0) is 53.2. The Kier molecular flexibility index (Phi) is 18.6. The van der Waals surface area contributed by atoms with Gasteiger partial charge >= 0.3 is 0 Å². The van der Waals surface area contributed by atoms with Crippen molar-refractivity contribution in [3.63, 3.8) is 0 Å². The number of aryl methyl sites for hydroxylation is 2. The molecule has 6 N–H and O–H groups in total. The lowest BCUT2D eigenvalue weighted by atomic mass is 10.1. The van der Waals surface area contributed by atoms with Crippen LogP contribution < -0.4 is 9.47 Å². The lowest BCUT2D eigenvalue weighted by molar-refractivity contribution is -0.432. The number of hydrogen-bond donors (Lipinski definition) is 6. The first kappa shape index (κ1) is 56.3. The molecule has 0 saturated carbocycles. The lowest BCUT2D eigenvalue weighted by Gasteiger charge is -2.12. The highest BCUT2D eigenvalue weighted by molar-refractivity contribution is 7.94. The maximum atomic E-state index is 12.2. The van der Waals surface area contributed by atoms with E-state index in [1.54, 1.807) is 45.0 Å². The molecule has 0 fully saturated rings. The van der Waals surface area contributed by atoms with Crippen LogP contribution in [0.25, 0.3) is 16.7 Å². The number of aromatic nitrogens is 2. The molecule has 2 aromatic heterocycles. The van der Waals surface area contributed by atoms with Crippen LogP contribution in [0.15, 0.2) is 107 Å². The second-order valence-electron chi connectivity index (χ2n) is 14.9. The smallest absolute Gasteiger partial charge is 0.296 e. The molecule has 72 heavy (non-hydrogen) atoms. The van der Waals surface area contributed by atoms with Crippen molar-refractivity contribution in [1.29, 1.82) is 5.26 Å². The summed E-state index contributed by atoms with van der Waals surface area (Å²) in [6.45, 7) is 4.35. The minimum Gasteiger partial charge on any atom is -0.493 e. The van der Waals surface area contributed by atoms with Gasteiger partial charge in [-0.2, -0.15) is 49.2 Å². The summed E-state index contributed by atoms with van der Waals surface area (Å²) in [5.41, 5.74) is 2.62. The fourth-order valence-corrected chi connectivity index (χ4v) is 8.29. The first-order valence-electron chi connectivity index (χ1n) is 20.1. The Labute approximate surface area is 414 Å². The molecule has 4 aromatic carbocycles. The van der Waals surface area contributed by atoms with Crippen LogP contribution in [0.4, 0.5) is 34.1 Å². The number of ether oxygens (including phenoxy) is 2. The molecule has 0 unspecified atom stereocenters. The van der Waals surface area contributed by atoms with Crippen molar-refractivity contribution in [3.8, 4) is 23.4 Å². The highest BCUT2D eigenvalue weighted by Gasteiger charge is 2.22. The second-order valence-corrected chi connectivity index (χ2v) is 21.7. The van der Waals surface area contributed by atoms with E-state index in [1.807, 2.05) is 0 Å². The fourth-order valence-electron chi connectivity index (χ4n) is 6.20. The predicted molar refractivity (Wildman–Crippen MR) is 256 cm³/mol. The Hall–Kier alpha value is -6.61. The van der Waals surface area contributed by atoms with E-state index in [0.717, 1.165) is 6.07 Å². The second kappa shape index (κ2) is 23.7. The summed E-state index contributed by atoms with van der Waals surface area (Å²) < 4.78 is 142. The van der Waals surface area contributed by atoms with Gasteiger partial charge in [0.1, 0.15) is 45.1 Å². The minimum absolute atomic E-state index is 0.0131. The van der Waals surface area contributed by atoms with Crippen molar-refractivity contribution in [3.05, 3.63) is 89.0 Å². The largest absolute Gasteiger partial charge is 0.493 e. The summed E-state index contributed by atoms with van der Waals surface area (Å²) >= 11 is 0.432. The third-order valence-electron chi connectivity index (χ3n) is 9.37. The molecule has 0 aliphatic rings. The summed E-state index contributed by atoms with van der Waals surface area (Å²) in [5, 5.41) is 59.0. The average Bonchev–Trinajstić information content (AvgIpc) is 3.67. The van der Waals surface area contributed by atoms with Crippen LogP contribution in [0.5, 0.6) is 17.4 Å². The zero-order valence-electron chi connectivity index (χ0n) is 37.7. The van der Waals surface area contributed by atoms with Crippen LogP contribution in [0.2, 0.25) is 0 Å². The lowest BCUT2D eigenvalue weighted by Crippen LogP contribution is -2.08. The number of azo groups is 3. The van der Waals surface area contributed by atoms with Crippen LogP contribution in [-0.4, -0.2) is 103 Å². The van der Waals surface area contributed by atoms with E-state index in [1.165, 1.54) is 40.8 Å². The number of rotatable bonds is 20. The zero-order valence-corrected chi connectivity index (χ0v) is 41.8. The van der Waals surface area contributed by atoms with E-state index in [-0.39, 0.29) is 99.2 Å². The third-order valence-corrected chi connectivity index (χ3v) is 12.4. The van der Waals surface area contributed by atoms with E-state index in [0.29, 0.717) is 40.5 Å². The summed E-state index contributed by atoms with van der Waals surface area (Å²) in [5.74, 6) is -1.59. The first-order chi connectivity index (χ1) is 33.7. The van der Waals surface area contributed by atoms with E-state index in [2.05, 4.69) is 51.1 Å². The summed E-state index contributed by atoms with van der Waals surface area (Å²) in [4.78, 5) is 3.94. The van der Waals surface area contributed by atoms with Crippen molar-refractivity contribution in [2.45, 2.75) is 43.4 Å². The SMILES string of the molecule is CS(=O)(=O)O.Cc1cc(N=Nc2c(C)c(C#N)c3nc4ccccc4n3c2O)c(OCCCS(=O)(=O)O)cc1N=Nc1cc(C)c(N=Nc2ccc(SOOO)cc2S(=O)(=O)O)cc1OCCCS(=O)(=O)O. The van der Waals surface area contributed by atoms with Gasteiger partial charge < -0.3 is 14.6 Å². The Morgan fingerprint density at radius 2 is 1.19 bits per heavy atom. The molecule has 27 nitrogen and oxygen atoms in total. The van der Waals surface area contributed by atoms with Gasteiger partial charge in [-0.3, -0.25) is 22.6 Å². The van der Waals surface area contributed by atoms with E-state index in [9.17, 15) is 57.7 Å². The van der Waals surface area contributed by atoms with Crippen molar-refractivity contribution in [2.24, 2.45) is 30.7 Å². The van der Waals surface area contributed by atoms with Gasteiger partial charge in [-0.25, -0.2) is 10.2 Å². The van der Waals surface area contributed by atoms with Crippen LogP contribution in [0.3, 0.4) is 0 Å². The van der Waals surface area contributed by atoms with Gasteiger partial charge in [-0.05, 0) is 87.2 Å². The fraction of sp³-hybridized carbons (Fsp3) is 0.250. The average molecular weight is 1100 g/mol. The van der Waals surface area contributed by atoms with E-state index < -0.39 is 56.9 Å². The maximum absolute atomic E-state index is 12.2. The van der Waals surface area contributed by atoms with E-state index >= 15 is 0 Å². The van der Waals surface area contributed by atoms with Crippen molar-refractivity contribution in [1.82, 2.24) is 9.38 Å². The Bertz CT molecular complexity index is 3610. The highest BCUT2D eigenvalue weighted by atomic mass is 32.2. The number of nitriles is 1. The number of para-hydroxylation sites is 2. The number of benzene rings is 4. The molecule has 0 aliphatic heterocycles. The Morgan fingerprint density at radius 1 is 0.694 bits per heavy atom. The normalized spacial score (nSPS) is 12.5. The molecule has 0 amide bonds. The monoisotopic (exact) mass is 1100 g/mol. The van der Waals surface area contributed by atoms with Gasteiger partial charge in [0.05, 0.1) is 65.4 Å². The number of aromatic hydroxyl groups is 1. The van der Waals surface area contributed by atoms with E-state index in [4.69, 9.17) is 19.3 Å². The summed E-state index contributed by atoms with van der Waals surface area (Å²) in [6.07, 6.45) is 0.434. The minimum atomic E-state index is -4.85. The molecule has 0 radical (unpaired) electrons. The van der Waals surface area contributed by atoms with Crippen LogP contribution >= 0.6 is 12.0 Å². The first-order valence-corrected chi connectivity index (χ1v) is 27.3. The number of fused-ring (bicyclic) bond motifs is 3. The molecular formula is C40H41N9O18S5. The predicted octanol–water partition coefficient (Wildman–Crippen LogP) is 8.73. The van der Waals surface area contributed by atoms with Crippen LogP contribution in [0.1, 0.15) is 35.1 Å². The molecule has 6 rings (SSSR count). The van der Waals surface area contributed by atoms with Gasteiger partial charge in [-0.1, -0.05) is 17.2 Å². The van der Waals surface area contributed by atoms with Crippen molar-refractivity contribution >= 4 is 103 Å². The summed E-state index contributed by atoms with van der Waals surface area (Å²) in [6, 6.07) is 18.3. The van der Waals surface area contributed by atoms with Gasteiger partial charge in [0.15, 0.2) is 11.3 Å². The molecule has 2 heterocycles. The standard InChI is InChI=1S/C39H37N9O15S4.CH4O3S/c1-22-16-31(34(60-12-6-14-65(51,52)53)19-29(22)43-42-28-11-10-25(64-63-62-50)18-36(28)67(57,58)59)45-44-30-20-35(61-13-7-15-66(54,55)56)32(17-23(30)2)46-47-37-24(3)26(21-40)38-41-27-8-4-5-9-33(27)48(38)39(37)49;1-5(2,3)4/h4-5,8-11,16-20,49-50H,6-7,12-15H2,1-3H3,(H,51,52,53)(H,54,55,56)(H,57,58,59);1H3,(H,2,3,4). The molecule has 0 saturated heterocycles. The molecule has 0 bridgehead atoms. The van der Waals surface area contributed by atoms with Gasteiger partial charge in [-0.15, -0.1) is 24.8 Å². The Balaban J connectivity index is 0.00000183. The van der Waals surface area contributed by atoms with Gasteiger partial charge in [0.2, 0.25) is 5.88 Å². The molecule has 6 aromatic rings. The molecule has 0 aliphatic carbocycles. The number of pyridine rings is 1. The molecule has 32 heteroatoms. The Morgan fingerprint density at radius 3 is 1.69 bits per heavy atom. The number of hydrogen-bond acceptors (Lipinski definition) is 23. The van der Waals surface area contributed by atoms with Crippen molar-refractivity contribution in [2.75, 3.05) is 31.0 Å². The maximum Gasteiger partial charge on any atom is 0.296 e. The number of nitrogens with zero attached hydrogens (tertiary/aromatic N) is 9.